The van der Waals surface area contributed by atoms with E-state index in [1.165, 1.54) is 32.4 Å². The van der Waals surface area contributed by atoms with Crippen LogP contribution < -0.4 is 0 Å². The SMILES string of the molecule is CC(=O)N(C)CCC1CCN(C(C)C)CC1. The lowest BCUT2D eigenvalue weighted by Crippen LogP contribution is -2.39. The van der Waals surface area contributed by atoms with Gasteiger partial charge in [0, 0.05) is 26.6 Å². The summed E-state index contributed by atoms with van der Waals surface area (Å²) in [6.07, 6.45) is 3.76. The monoisotopic (exact) mass is 226 g/mol. The van der Waals surface area contributed by atoms with Crippen molar-refractivity contribution >= 4 is 5.91 Å². The summed E-state index contributed by atoms with van der Waals surface area (Å²) in [5.41, 5.74) is 0. The summed E-state index contributed by atoms with van der Waals surface area (Å²) in [5.74, 6) is 0.997. The molecule has 1 fully saturated rings. The first kappa shape index (κ1) is 13.5. The number of piperidine rings is 1. The van der Waals surface area contributed by atoms with Gasteiger partial charge in [-0.1, -0.05) is 0 Å². The summed E-state index contributed by atoms with van der Waals surface area (Å²) < 4.78 is 0. The average Bonchev–Trinajstić information content (AvgIpc) is 2.26. The van der Waals surface area contributed by atoms with Gasteiger partial charge in [-0.15, -0.1) is 0 Å². The van der Waals surface area contributed by atoms with Crippen molar-refractivity contribution in [2.24, 2.45) is 5.92 Å². The maximum Gasteiger partial charge on any atom is 0.219 e. The minimum Gasteiger partial charge on any atom is -0.346 e. The number of amides is 1. The highest BCUT2D eigenvalue weighted by molar-refractivity contribution is 5.72. The van der Waals surface area contributed by atoms with Crippen LogP contribution in [0.5, 0.6) is 0 Å². The van der Waals surface area contributed by atoms with Crippen LogP contribution in [-0.4, -0.2) is 48.4 Å². The molecule has 0 unspecified atom stereocenters. The minimum atomic E-state index is 0.180. The van der Waals surface area contributed by atoms with Gasteiger partial charge in [0.15, 0.2) is 0 Å². The van der Waals surface area contributed by atoms with Gasteiger partial charge in [0.25, 0.3) is 0 Å². The second-order valence-electron chi connectivity index (χ2n) is 5.30. The third kappa shape index (κ3) is 4.12. The molecule has 0 aromatic carbocycles. The molecule has 1 saturated heterocycles. The van der Waals surface area contributed by atoms with E-state index in [1.807, 2.05) is 11.9 Å². The number of rotatable bonds is 4. The van der Waals surface area contributed by atoms with Crippen molar-refractivity contribution in [1.82, 2.24) is 9.80 Å². The molecule has 1 aliphatic heterocycles. The molecule has 1 rings (SSSR count). The van der Waals surface area contributed by atoms with Crippen LogP contribution in [0, 0.1) is 5.92 Å². The fraction of sp³-hybridized carbons (Fsp3) is 0.923. The third-order valence-electron chi connectivity index (χ3n) is 3.79. The van der Waals surface area contributed by atoms with Crippen LogP contribution in [0.15, 0.2) is 0 Å². The fourth-order valence-corrected chi connectivity index (χ4v) is 2.29. The van der Waals surface area contributed by atoms with Crippen LogP contribution in [0.25, 0.3) is 0 Å². The van der Waals surface area contributed by atoms with Gasteiger partial charge >= 0.3 is 0 Å². The van der Waals surface area contributed by atoms with Gasteiger partial charge in [-0.05, 0) is 52.1 Å². The largest absolute Gasteiger partial charge is 0.346 e. The number of carbonyl (C=O) groups excluding carboxylic acids is 1. The molecule has 1 aliphatic rings. The Kier molecular flexibility index (Phi) is 5.26. The van der Waals surface area contributed by atoms with Crippen LogP contribution >= 0.6 is 0 Å². The van der Waals surface area contributed by atoms with E-state index in [-0.39, 0.29) is 5.91 Å². The van der Waals surface area contributed by atoms with E-state index in [4.69, 9.17) is 0 Å². The molecule has 94 valence electrons. The Bertz CT molecular complexity index is 220. The van der Waals surface area contributed by atoms with Gasteiger partial charge in [-0.3, -0.25) is 4.79 Å². The molecule has 0 atom stereocenters. The summed E-state index contributed by atoms with van der Waals surface area (Å²) in [7, 11) is 1.89. The molecule has 0 aliphatic carbocycles. The van der Waals surface area contributed by atoms with Crippen molar-refractivity contribution in [3.05, 3.63) is 0 Å². The van der Waals surface area contributed by atoms with E-state index in [2.05, 4.69) is 18.7 Å². The standard InChI is InChI=1S/C13H26N2O/c1-11(2)15-9-6-13(7-10-15)5-8-14(4)12(3)16/h11,13H,5-10H2,1-4H3. The predicted molar refractivity (Wildman–Crippen MR) is 67.4 cm³/mol. The molecule has 0 aromatic heterocycles. The third-order valence-corrected chi connectivity index (χ3v) is 3.79. The number of nitrogens with zero attached hydrogens (tertiary/aromatic N) is 2. The maximum absolute atomic E-state index is 11.1. The molecule has 0 saturated carbocycles. The molecule has 0 spiro atoms. The Morgan fingerprint density at radius 1 is 1.38 bits per heavy atom. The number of likely N-dealkylation sites (tertiary alicyclic amines) is 1. The Balaban J connectivity index is 2.20. The number of carbonyl (C=O) groups is 1. The Hall–Kier alpha value is -0.570. The first-order valence-electron chi connectivity index (χ1n) is 6.46. The lowest BCUT2D eigenvalue weighted by Gasteiger charge is -2.35. The van der Waals surface area contributed by atoms with Crippen LogP contribution in [0.2, 0.25) is 0 Å². The van der Waals surface area contributed by atoms with Crippen molar-refractivity contribution in [2.75, 3.05) is 26.7 Å². The molecule has 1 heterocycles. The number of hydrogen-bond acceptors (Lipinski definition) is 2. The summed E-state index contributed by atoms with van der Waals surface area (Å²) in [6.45, 7) is 9.55. The van der Waals surface area contributed by atoms with Crippen LogP contribution in [0.1, 0.15) is 40.0 Å². The molecule has 16 heavy (non-hydrogen) atoms. The normalized spacial score (nSPS) is 19.1. The van der Waals surface area contributed by atoms with E-state index in [9.17, 15) is 4.79 Å². The molecule has 0 aromatic rings. The van der Waals surface area contributed by atoms with E-state index < -0.39 is 0 Å². The first-order valence-corrected chi connectivity index (χ1v) is 6.46. The second-order valence-corrected chi connectivity index (χ2v) is 5.30. The molecule has 1 amide bonds. The van der Waals surface area contributed by atoms with Gasteiger partial charge in [0.2, 0.25) is 5.91 Å². The minimum absolute atomic E-state index is 0.180. The lowest BCUT2D eigenvalue weighted by atomic mass is 9.93. The fourth-order valence-electron chi connectivity index (χ4n) is 2.29. The second kappa shape index (κ2) is 6.24. The lowest BCUT2D eigenvalue weighted by molar-refractivity contribution is -0.127. The maximum atomic E-state index is 11.1. The van der Waals surface area contributed by atoms with Crippen LogP contribution in [0.3, 0.4) is 0 Å². The molecule has 0 N–H and O–H groups in total. The quantitative estimate of drug-likeness (QED) is 0.732. The van der Waals surface area contributed by atoms with Crippen molar-refractivity contribution in [3.63, 3.8) is 0 Å². The van der Waals surface area contributed by atoms with Crippen LogP contribution in [-0.2, 0) is 4.79 Å². The smallest absolute Gasteiger partial charge is 0.219 e. The van der Waals surface area contributed by atoms with E-state index in [0.29, 0.717) is 6.04 Å². The summed E-state index contributed by atoms with van der Waals surface area (Å²) >= 11 is 0. The summed E-state index contributed by atoms with van der Waals surface area (Å²) in [4.78, 5) is 15.5. The molecule has 3 nitrogen and oxygen atoms in total. The predicted octanol–water partition coefficient (Wildman–Crippen LogP) is 1.98. The van der Waals surface area contributed by atoms with Gasteiger partial charge in [0.05, 0.1) is 0 Å². The van der Waals surface area contributed by atoms with Gasteiger partial charge in [-0.25, -0.2) is 0 Å². The highest BCUT2D eigenvalue weighted by atomic mass is 16.2. The average molecular weight is 226 g/mol. The Morgan fingerprint density at radius 2 is 1.94 bits per heavy atom. The van der Waals surface area contributed by atoms with Crippen molar-refractivity contribution in [3.8, 4) is 0 Å². The van der Waals surface area contributed by atoms with Crippen LogP contribution in [0.4, 0.5) is 0 Å². The zero-order chi connectivity index (χ0) is 12.1. The zero-order valence-electron chi connectivity index (χ0n) is 11.2. The van der Waals surface area contributed by atoms with Crippen molar-refractivity contribution < 1.29 is 4.79 Å². The molecule has 0 bridgehead atoms. The van der Waals surface area contributed by atoms with E-state index in [1.54, 1.807) is 6.92 Å². The van der Waals surface area contributed by atoms with E-state index in [0.717, 1.165) is 12.5 Å². The molecular weight excluding hydrogens is 200 g/mol. The highest BCUT2D eigenvalue weighted by Gasteiger charge is 2.20. The summed E-state index contributed by atoms with van der Waals surface area (Å²) in [6, 6.07) is 0.681. The Labute approximate surface area is 99.8 Å². The molecule has 0 radical (unpaired) electrons. The highest BCUT2D eigenvalue weighted by Crippen LogP contribution is 2.21. The van der Waals surface area contributed by atoms with Crippen molar-refractivity contribution in [1.29, 1.82) is 0 Å². The van der Waals surface area contributed by atoms with Gasteiger partial charge in [0.1, 0.15) is 0 Å². The van der Waals surface area contributed by atoms with Crippen molar-refractivity contribution in [2.45, 2.75) is 46.1 Å². The number of hydrogen-bond donors (Lipinski definition) is 0. The van der Waals surface area contributed by atoms with Gasteiger partial charge < -0.3 is 9.80 Å². The summed E-state index contributed by atoms with van der Waals surface area (Å²) in [5, 5.41) is 0. The van der Waals surface area contributed by atoms with E-state index >= 15 is 0 Å². The Morgan fingerprint density at radius 3 is 2.38 bits per heavy atom. The zero-order valence-corrected chi connectivity index (χ0v) is 11.2. The first-order chi connectivity index (χ1) is 7.50. The topological polar surface area (TPSA) is 23.6 Å². The molecular formula is C13H26N2O. The molecule has 3 heteroatoms. The van der Waals surface area contributed by atoms with Gasteiger partial charge in [-0.2, -0.15) is 0 Å².